The van der Waals surface area contributed by atoms with Gasteiger partial charge in [0.05, 0.1) is 17.7 Å². The third-order valence-electron chi connectivity index (χ3n) is 3.47. The summed E-state index contributed by atoms with van der Waals surface area (Å²) in [6, 6.07) is 0. The first-order valence-corrected chi connectivity index (χ1v) is 6.37. The zero-order valence-electron chi connectivity index (χ0n) is 9.58. The molecule has 3 N–H and O–H groups in total. The summed E-state index contributed by atoms with van der Waals surface area (Å²) in [6.45, 7) is -0.356. The summed E-state index contributed by atoms with van der Waals surface area (Å²) >= 11 is 3.01. The highest BCUT2D eigenvalue weighted by Gasteiger charge is 2.61. The number of fused-ring (bicyclic) bond motifs is 2. The molecule has 0 aliphatic carbocycles. The van der Waals surface area contributed by atoms with Gasteiger partial charge < -0.3 is 19.7 Å². The second-order valence-electron chi connectivity index (χ2n) is 4.60. The number of aliphatic hydroxyl groups excluding tert-OH is 2. The Balaban J connectivity index is 2.04. The van der Waals surface area contributed by atoms with Crippen molar-refractivity contribution in [3.05, 3.63) is 31.5 Å². The van der Waals surface area contributed by atoms with Crippen molar-refractivity contribution in [1.82, 2.24) is 9.55 Å². The van der Waals surface area contributed by atoms with Crippen molar-refractivity contribution in [2.45, 2.75) is 24.0 Å². The van der Waals surface area contributed by atoms with Crippen LogP contribution >= 0.6 is 15.9 Å². The minimum absolute atomic E-state index is 0.0606. The fourth-order valence-corrected chi connectivity index (χ4v) is 2.72. The van der Waals surface area contributed by atoms with Gasteiger partial charge in [0.2, 0.25) is 0 Å². The third kappa shape index (κ3) is 1.73. The molecular formula is C10H11BrN2O6. The van der Waals surface area contributed by atoms with Crippen molar-refractivity contribution < 1.29 is 19.7 Å². The maximum Gasteiger partial charge on any atom is 0.330 e. The van der Waals surface area contributed by atoms with Gasteiger partial charge in [-0.3, -0.25) is 14.3 Å². The number of nitrogens with zero attached hydrogens (tertiary/aromatic N) is 1. The van der Waals surface area contributed by atoms with Crippen LogP contribution in [0.5, 0.6) is 0 Å². The Morgan fingerprint density at radius 1 is 1.58 bits per heavy atom. The lowest BCUT2D eigenvalue weighted by Gasteiger charge is -2.29. The monoisotopic (exact) mass is 334 g/mol. The van der Waals surface area contributed by atoms with Gasteiger partial charge >= 0.3 is 5.69 Å². The van der Waals surface area contributed by atoms with Gasteiger partial charge in [0.15, 0.2) is 6.23 Å². The molecule has 104 valence electrons. The molecule has 3 rings (SSSR count). The van der Waals surface area contributed by atoms with Gasteiger partial charge in [0, 0.05) is 6.20 Å². The van der Waals surface area contributed by atoms with E-state index in [1.54, 1.807) is 0 Å². The molecule has 2 aliphatic heterocycles. The summed E-state index contributed by atoms with van der Waals surface area (Å²) in [5.74, 6) is 0. The van der Waals surface area contributed by atoms with E-state index in [1.807, 2.05) is 0 Å². The van der Waals surface area contributed by atoms with Crippen molar-refractivity contribution in [1.29, 1.82) is 0 Å². The molecule has 3 heterocycles. The van der Waals surface area contributed by atoms with E-state index in [0.29, 0.717) is 0 Å². The van der Waals surface area contributed by atoms with Crippen LogP contribution in [-0.2, 0) is 9.47 Å². The first kappa shape index (κ1) is 13.0. The Kier molecular flexibility index (Phi) is 2.91. The number of aliphatic hydroxyl groups is 2. The molecule has 0 unspecified atom stereocenters. The summed E-state index contributed by atoms with van der Waals surface area (Å²) in [5, 5.41) is 19.3. The minimum Gasteiger partial charge on any atom is -0.393 e. The molecule has 9 heteroatoms. The van der Waals surface area contributed by atoms with E-state index in [4.69, 9.17) is 9.47 Å². The predicted molar refractivity (Wildman–Crippen MR) is 64.7 cm³/mol. The molecule has 1 aromatic rings. The van der Waals surface area contributed by atoms with Gasteiger partial charge in [-0.2, -0.15) is 0 Å². The van der Waals surface area contributed by atoms with Gasteiger partial charge in [-0.15, -0.1) is 0 Å². The van der Waals surface area contributed by atoms with Crippen LogP contribution in [0.4, 0.5) is 0 Å². The topological polar surface area (TPSA) is 114 Å². The number of hydrogen-bond donors (Lipinski definition) is 3. The Bertz CT molecular complexity index is 627. The van der Waals surface area contributed by atoms with E-state index < -0.39 is 41.9 Å². The van der Waals surface area contributed by atoms with Crippen LogP contribution in [0.15, 0.2) is 20.3 Å². The number of aromatic amines is 1. The Hall–Kier alpha value is -1.00. The van der Waals surface area contributed by atoms with E-state index in [2.05, 4.69) is 20.9 Å². The number of rotatable bonds is 2. The smallest absolute Gasteiger partial charge is 0.330 e. The largest absolute Gasteiger partial charge is 0.393 e. The second-order valence-corrected chi connectivity index (χ2v) is 5.45. The van der Waals surface area contributed by atoms with E-state index in [9.17, 15) is 19.8 Å². The maximum absolute atomic E-state index is 11.8. The van der Waals surface area contributed by atoms with Crippen LogP contribution in [-0.4, -0.2) is 50.8 Å². The summed E-state index contributed by atoms with van der Waals surface area (Å²) in [7, 11) is 0. The highest BCUT2D eigenvalue weighted by atomic mass is 79.9. The first-order chi connectivity index (χ1) is 8.98. The molecule has 8 nitrogen and oxygen atoms in total. The molecule has 1 aromatic heterocycles. The maximum atomic E-state index is 11.8. The van der Waals surface area contributed by atoms with E-state index in [1.165, 1.54) is 6.20 Å². The lowest BCUT2D eigenvalue weighted by atomic mass is 10.0. The van der Waals surface area contributed by atoms with E-state index in [-0.39, 0.29) is 11.1 Å². The predicted octanol–water partition coefficient (Wildman–Crippen LogP) is -1.68. The van der Waals surface area contributed by atoms with Gasteiger partial charge in [-0.25, -0.2) is 4.79 Å². The van der Waals surface area contributed by atoms with Crippen molar-refractivity contribution >= 4 is 15.9 Å². The standard InChI is InChI=1S/C10H11BrN2O6/c11-4-1-13(9(17)12-7(4)16)8-5-6(15)10(2-14,19-8)3-18-5/h1,5-6,8,14-15H,2-3H2,(H,12,16,17)/t5-,6+,8-,10+/m1/s1. The normalized spacial score (nSPS) is 36.9. The molecular weight excluding hydrogens is 324 g/mol. The molecule has 0 aromatic carbocycles. The third-order valence-corrected chi connectivity index (χ3v) is 4.04. The number of ether oxygens (including phenoxy) is 2. The van der Waals surface area contributed by atoms with Crippen LogP contribution in [0, 0.1) is 0 Å². The number of H-pyrrole nitrogens is 1. The van der Waals surface area contributed by atoms with Crippen LogP contribution in [0.1, 0.15) is 6.23 Å². The Morgan fingerprint density at radius 3 is 2.95 bits per heavy atom. The molecule has 2 aliphatic rings. The fraction of sp³-hybridized carbons (Fsp3) is 0.600. The average molecular weight is 335 g/mol. The van der Waals surface area contributed by atoms with Crippen molar-refractivity contribution in [3.8, 4) is 0 Å². The summed E-state index contributed by atoms with van der Waals surface area (Å²) in [5.41, 5.74) is -2.44. The lowest BCUT2D eigenvalue weighted by molar-refractivity contribution is -0.187. The average Bonchev–Trinajstić information content (AvgIpc) is 2.85. The molecule has 0 amide bonds. The van der Waals surface area contributed by atoms with Crippen molar-refractivity contribution in [2.75, 3.05) is 13.2 Å². The Morgan fingerprint density at radius 2 is 2.32 bits per heavy atom. The van der Waals surface area contributed by atoms with Crippen LogP contribution in [0.25, 0.3) is 0 Å². The van der Waals surface area contributed by atoms with E-state index >= 15 is 0 Å². The van der Waals surface area contributed by atoms with Crippen LogP contribution in [0.2, 0.25) is 0 Å². The second kappa shape index (κ2) is 4.25. The van der Waals surface area contributed by atoms with Gasteiger partial charge in [-0.1, -0.05) is 0 Å². The van der Waals surface area contributed by atoms with Crippen LogP contribution in [0.3, 0.4) is 0 Å². The highest BCUT2D eigenvalue weighted by molar-refractivity contribution is 9.10. The molecule has 2 bridgehead atoms. The Labute approximate surface area is 114 Å². The molecule has 19 heavy (non-hydrogen) atoms. The lowest BCUT2D eigenvalue weighted by Crippen LogP contribution is -2.44. The van der Waals surface area contributed by atoms with Gasteiger partial charge in [0.25, 0.3) is 5.56 Å². The minimum atomic E-state index is -1.21. The molecule has 2 saturated heterocycles. The molecule has 0 spiro atoms. The number of hydrogen-bond acceptors (Lipinski definition) is 6. The number of halogens is 1. The molecule has 0 saturated carbocycles. The zero-order chi connectivity index (χ0) is 13.8. The summed E-state index contributed by atoms with van der Waals surface area (Å²) < 4.78 is 12.2. The van der Waals surface area contributed by atoms with Crippen molar-refractivity contribution in [2.24, 2.45) is 0 Å². The highest BCUT2D eigenvalue weighted by Crippen LogP contribution is 2.44. The van der Waals surface area contributed by atoms with Crippen LogP contribution < -0.4 is 11.2 Å². The summed E-state index contributed by atoms with van der Waals surface area (Å²) in [6.07, 6.45) is -1.41. The molecule has 2 fully saturated rings. The molecule has 0 radical (unpaired) electrons. The SMILES string of the molecule is O=c1[nH]c(=O)n([C@@H]2O[C@@]3(CO)CO[C@@H]2[C@@H]3O)cc1Br. The van der Waals surface area contributed by atoms with Crippen molar-refractivity contribution in [3.63, 3.8) is 0 Å². The zero-order valence-corrected chi connectivity index (χ0v) is 11.2. The fourth-order valence-electron chi connectivity index (χ4n) is 2.40. The molecule has 4 atom stereocenters. The van der Waals surface area contributed by atoms with E-state index in [0.717, 1.165) is 4.57 Å². The first-order valence-electron chi connectivity index (χ1n) is 5.58. The number of nitrogens with one attached hydrogen (secondary N) is 1. The van der Waals surface area contributed by atoms with Gasteiger partial charge in [0.1, 0.15) is 17.8 Å². The quantitative estimate of drug-likeness (QED) is 0.595. The van der Waals surface area contributed by atoms with Gasteiger partial charge in [-0.05, 0) is 15.9 Å². The summed E-state index contributed by atoms with van der Waals surface area (Å²) in [4.78, 5) is 25.1. The number of aromatic nitrogens is 2.